The van der Waals surface area contributed by atoms with Gasteiger partial charge in [0.15, 0.2) is 0 Å². The first-order valence-corrected chi connectivity index (χ1v) is 6.18. The van der Waals surface area contributed by atoms with Crippen molar-refractivity contribution >= 4 is 12.4 Å². The third-order valence-corrected chi connectivity index (χ3v) is 3.55. The number of carbonyl (C=O) groups excluding carboxylic acids is 2. The molecule has 0 aliphatic carbocycles. The molecule has 1 rings (SSSR count). The summed E-state index contributed by atoms with van der Waals surface area (Å²) in [7, 11) is 1.42. The van der Waals surface area contributed by atoms with E-state index >= 15 is 0 Å². The van der Waals surface area contributed by atoms with Gasteiger partial charge in [-0.3, -0.25) is 0 Å². The Bertz CT molecular complexity index is 283. The molecule has 0 saturated carbocycles. The highest BCUT2D eigenvalue weighted by Gasteiger charge is 2.38. The fraction of sp³-hybridized carbons (Fsp3) is 0.846. The molecular weight excluding hydrogens is 218 g/mol. The van der Waals surface area contributed by atoms with Crippen LogP contribution in [0.5, 0.6) is 0 Å². The predicted octanol–water partition coefficient (Wildman–Crippen LogP) is 2.47. The number of amides is 1. The SMILES string of the molecule is COC(=O)N1CCC(CC=O)CC1C(C)(C)C. The molecule has 17 heavy (non-hydrogen) atoms. The number of rotatable bonds is 2. The van der Waals surface area contributed by atoms with Crippen molar-refractivity contribution in [3.05, 3.63) is 0 Å². The van der Waals surface area contributed by atoms with Gasteiger partial charge in [0.05, 0.1) is 7.11 Å². The van der Waals surface area contributed by atoms with Crippen LogP contribution >= 0.6 is 0 Å². The molecule has 0 spiro atoms. The standard InChI is InChI=1S/C13H23NO3/c1-13(2,3)11-9-10(6-8-15)5-7-14(11)12(16)17-4/h8,10-11H,5-7,9H2,1-4H3. The molecule has 1 saturated heterocycles. The van der Waals surface area contributed by atoms with Gasteiger partial charge in [-0.15, -0.1) is 0 Å². The van der Waals surface area contributed by atoms with Crippen molar-refractivity contribution in [2.45, 2.75) is 46.1 Å². The first-order chi connectivity index (χ1) is 7.90. The minimum atomic E-state index is -0.255. The average molecular weight is 241 g/mol. The molecule has 1 aliphatic rings. The third-order valence-electron chi connectivity index (χ3n) is 3.55. The normalized spacial score (nSPS) is 25.5. The van der Waals surface area contributed by atoms with E-state index in [9.17, 15) is 9.59 Å². The highest BCUT2D eigenvalue weighted by atomic mass is 16.5. The van der Waals surface area contributed by atoms with E-state index in [1.807, 2.05) is 0 Å². The summed E-state index contributed by atoms with van der Waals surface area (Å²) in [4.78, 5) is 24.1. The van der Waals surface area contributed by atoms with Crippen LogP contribution in [0.15, 0.2) is 0 Å². The van der Waals surface area contributed by atoms with E-state index in [-0.39, 0.29) is 17.6 Å². The summed E-state index contributed by atoms with van der Waals surface area (Å²) in [6.07, 6.45) is 3.10. The number of hydrogen-bond donors (Lipinski definition) is 0. The number of ether oxygens (including phenoxy) is 1. The molecule has 1 heterocycles. The molecule has 0 N–H and O–H groups in total. The van der Waals surface area contributed by atoms with E-state index < -0.39 is 0 Å². The van der Waals surface area contributed by atoms with Crippen LogP contribution in [0, 0.1) is 11.3 Å². The van der Waals surface area contributed by atoms with Gasteiger partial charge in [-0.25, -0.2) is 4.79 Å². The van der Waals surface area contributed by atoms with Crippen LogP contribution in [0.25, 0.3) is 0 Å². The lowest BCUT2D eigenvalue weighted by Crippen LogP contribution is -2.52. The van der Waals surface area contributed by atoms with Crippen LogP contribution in [0.2, 0.25) is 0 Å². The van der Waals surface area contributed by atoms with E-state index in [1.165, 1.54) is 7.11 Å². The molecule has 1 aliphatic heterocycles. The Hall–Kier alpha value is -1.06. The smallest absolute Gasteiger partial charge is 0.409 e. The molecule has 0 aromatic heterocycles. The molecule has 2 unspecified atom stereocenters. The van der Waals surface area contributed by atoms with Crippen molar-refractivity contribution in [2.24, 2.45) is 11.3 Å². The Kier molecular flexibility index (Phi) is 4.54. The summed E-state index contributed by atoms with van der Waals surface area (Å²) >= 11 is 0. The fourth-order valence-corrected chi connectivity index (χ4v) is 2.55. The molecule has 4 nitrogen and oxygen atoms in total. The predicted molar refractivity (Wildman–Crippen MR) is 65.8 cm³/mol. The van der Waals surface area contributed by atoms with Gasteiger partial charge in [0, 0.05) is 19.0 Å². The number of carbonyl (C=O) groups is 2. The second-order valence-corrected chi connectivity index (χ2v) is 5.84. The molecule has 0 aromatic carbocycles. The van der Waals surface area contributed by atoms with Crippen molar-refractivity contribution in [2.75, 3.05) is 13.7 Å². The monoisotopic (exact) mass is 241 g/mol. The van der Waals surface area contributed by atoms with Gasteiger partial charge >= 0.3 is 6.09 Å². The second-order valence-electron chi connectivity index (χ2n) is 5.84. The molecule has 1 fully saturated rings. The zero-order valence-corrected chi connectivity index (χ0v) is 11.2. The molecule has 1 amide bonds. The van der Waals surface area contributed by atoms with Crippen molar-refractivity contribution in [3.63, 3.8) is 0 Å². The van der Waals surface area contributed by atoms with Crippen molar-refractivity contribution < 1.29 is 14.3 Å². The van der Waals surface area contributed by atoms with Gasteiger partial charge in [0.25, 0.3) is 0 Å². The second kappa shape index (κ2) is 5.52. The summed E-state index contributed by atoms with van der Waals surface area (Å²) in [5, 5.41) is 0. The Morgan fingerprint density at radius 3 is 2.59 bits per heavy atom. The summed E-state index contributed by atoms with van der Waals surface area (Å²) in [6.45, 7) is 7.05. The molecule has 4 heteroatoms. The lowest BCUT2D eigenvalue weighted by molar-refractivity contribution is -0.109. The molecule has 0 radical (unpaired) electrons. The molecular formula is C13H23NO3. The summed E-state index contributed by atoms with van der Waals surface area (Å²) < 4.78 is 4.83. The average Bonchev–Trinajstić information content (AvgIpc) is 2.27. The van der Waals surface area contributed by atoms with Crippen LogP contribution in [0.1, 0.15) is 40.0 Å². The Morgan fingerprint density at radius 1 is 1.47 bits per heavy atom. The largest absolute Gasteiger partial charge is 0.453 e. The fourth-order valence-electron chi connectivity index (χ4n) is 2.55. The van der Waals surface area contributed by atoms with Crippen LogP contribution in [0.4, 0.5) is 4.79 Å². The highest BCUT2D eigenvalue weighted by Crippen LogP contribution is 2.35. The first kappa shape index (κ1) is 14.0. The molecule has 0 bridgehead atoms. The maximum absolute atomic E-state index is 11.7. The lowest BCUT2D eigenvalue weighted by atomic mass is 9.76. The number of hydrogen-bond acceptors (Lipinski definition) is 3. The number of piperidine rings is 1. The third kappa shape index (κ3) is 3.45. The summed E-state index contributed by atoms with van der Waals surface area (Å²) in [6, 6.07) is 0.147. The summed E-state index contributed by atoms with van der Waals surface area (Å²) in [5.74, 6) is 0.401. The Morgan fingerprint density at radius 2 is 2.12 bits per heavy atom. The van der Waals surface area contributed by atoms with E-state index in [1.54, 1.807) is 4.90 Å². The number of nitrogens with zero attached hydrogens (tertiary/aromatic N) is 1. The number of aldehydes is 1. The minimum absolute atomic E-state index is 0.00967. The molecule has 2 atom stereocenters. The first-order valence-electron chi connectivity index (χ1n) is 6.18. The van der Waals surface area contributed by atoms with E-state index in [0.29, 0.717) is 18.9 Å². The Balaban J connectivity index is 2.79. The highest BCUT2D eigenvalue weighted by molar-refractivity contribution is 5.68. The van der Waals surface area contributed by atoms with Gasteiger partial charge in [-0.05, 0) is 24.2 Å². The van der Waals surface area contributed by atoms with Crippen LogP contribution in [-0.4, -0.2) is 37.0 Å². The van der Waals surface area contributed by atoms with Gasteiger partial charge in [0.2, 0.25) is 0 Å². The van der Waals surface area contributed by atoms with Crippen LogP contribution < -0.4 is 0 Å². The van der Waals surface area contributed by atoms with Crippen molar-refractivity contribution in [1.29, 1.82) is 0 Å². The lowest BCUT2D eigenvalue weighted by Gasteiger charge is -2.44. The maximum atomic E-state index is 11.7. The van der Waals surface area contributed by atoms with Crippen LogP contribution in [0.3, 0.4) is 0 Å². The topological polar surface area (TPSA) is 46.6 Å². The number of likely N-dealkylation sites (tertiary alicyclic amines) is 1. The van der Waals surface area contributed by atoms with E-state index in [4.69, 9.17) is 4.74 Å². The molecule has 98 valence electrons. The Labute approximate surface area is 103 Å². The molecule has 0 aromatic rings. The van der Waals surface area contributed by atoms with Crippen molar-refractivity contribution in [3.8, 4) is 0 Å². The maximum Gasteiger partial charge on any atom is 0.409 e. The minimum Gasteiger partial charge on any atom is -0.453 e. The van der Waals surface area contributed by atoms with E-state index in [0.717, 1.165) is 19.1 Å². The van der Waals surface area contributed by atoms with Crippen LogP contribution in [-0.2, 0) is 9.53 Å². The van der Waals surface area contributed by atoms with Gasteiger partial charge in [-0.1, -0.05) is 20.8 Å². The zero-order chi connectivity index (χ0) is 13.1. The summed E-state index contributed by atoms with van der Waals surface area (Å²) in [5.41, 5.74) is 0.00967. The quantitative estimate of drug-likeness (QED) is 0.698. The zero-order valence-electron chi connectivity index (χ0n) is 11.2. The van der Waals surface area contributed by atoms with Gasteiger partial charge in [-0.2, -0.15) is 0 Å². The van der Waals surface area contributed by atoms with Gasteiger partial charge < -0.3 is 14.4 Å². The van der Waals surface area contributed by atoms with Crippen molar-refractivity contribution in [1.82, 2.24) is 4.90 Å². The van der Waals surface area contributed by atoms with Gasteiger partial charge in [0.1, 0.15) is 6.29 Å². The van der Waals surface area contributed by atoms with E-state index in [2.05, 4.69) is 20.8 Å². The number of methoxy groups -OCH3 is 1.